The number of hydrogen-bond acceptors (Lipinski definition) is 8. The molecule has 6 fully saturated rings. The van der Waals surface area contributed by atoms with Crippen molar-refractivity contribution in [3.05, 3.63) is 83.9 Å². The highest BCUT2D eigenvalue weighted by Crippen LogP contribution is 2.40. The molecular formula is C61H85ClN2O7. The Labute approximate surface area is 431 Å². The molecule has 0 aromatic heterocycles. The molecule has 2 N–H and O–H groups in total. The summed E-state index contributed by atoms with van der Waals surface area (Å²) in [4.78, 5) is 36.2. The van der Waals surface area contributed by atoms with Gasteiger partial charge in [0, 0.05) is 25.2 Å². The molecule has 0 bridgehead atoms. The number of benzene rings is 4. The Morgan fingerprint density at radius 1 is 0.620 bits per heavy atom. The van der Waals surface area contributed by atoms with Crippen molar-refractivity contribution in [3.8, 4) is 11.5 Å². The minimum Gasteiger partial charge on any atom is -0.490 e. The van der Waals surface area contributed by atoms with Crippen LogP contribution in [0.2, 0.25) is 0 Å². The molecule has 6 aliphatic rings. The predicted octanol–water partition coefficient (Wildman–Crippen LogP) is 13.6. The van der Waals surface area contributed by atoms with E-state index in [9.17, 15) is 14.4 Å². The Morgan fingerprint density at radius 3 is 1.62 bits per heavy atom. The Balaban J connectivity index is 0.000000175. The van der Waals surface area contributed by atoms with E-state index in [-0.39, 0.29) is 30.2 Å². The van der Waals surface area contributed by atoms with Gasteiger partial charge in [0.2, 0.25) is 0 Å². The first-order valence-electron chi connectivity index (χ1n) is 27.5. The molecule has 2 saturated heterocycles. The summed E-state index contributed by atoms with van der Waals surface area (Å²) in [5.41, 5.74) is 2.10. The number of nitrogens with zero attached hydrogens (tertiary/aromatic N) is 1. The lowest BCUT2D eigenvalue weighted by atomic mass is 9.72. The lowest BCUT2D eigenvalue weighted by molar-refractivity contribution is -0.148. The van der Waals surface area contributed by atoms with Crippen molar-refractivity contribution in [2.24, 2.45) is 59.2 Å². The summed E-state index contributed by atoms with van der Waals surface area (Å²) in [6.07, 6.45) is 20.0. The van der Waals surface area contributed by atoms with Gasteiger partial charge in [-0.2, -0.15) is 0 Å². The number of hydrogen-bond donors (Lipinski definition) is 2. The number of rotatable bonds is 13. The van der Waals surface area contributed by atoms with Crippen molar-refractivity contribution in [1.82, 2.24) is 10.2 Å². The van der Waals surface area contributed by atoms with Gasteiger partial charge in [0.25, 0.3) is 0 Å². The number of fused-ring (bicyclic) bond motifs is 2. The molecule has 0 amide bonds. The minimum absolute atomic E-state index is 0. The highest BCUT2D eigenvalue weighted by molar-refractivity contribution is 5.90. The van der Waals surface area contributed by atoms with E-state index in [1.54, 1.807) is 0 Å². The molecule has 71 heavy (non-hydrogen) atoms. The molecular weight excluding hydrogens is 908 g/mol. The summed E-state index contributed by atoms with van der Waals surface area (Å²) in [6, 6.07) is 25.4. The number of esters is 1. The van der Waals surface area contributed by atoms with Crippen LogP contribution in [0.4, 0.5) is 0 Å². The molecule has 388 valence electrons. The van der Waals surface area contributed by atoms with E-state index in [1.165, 1.54) is 74.8 Å². The number of carboxylic acid groups (broad SMARTS) is 1. The normalized spacial score (nSPS) is 27.1. The second kappa shape index (κ2) is 26.2. The highest BCUT2D eigenvalue weighted by atomic mass is 35.5. The first kappa shape index (κ1) is 54.6. The van der Waals surface area contributed by atoms with E-state index in [0.29, 0.717) is 29.6 Å². The van der Waals surface area contributed by atoms with E-state index in [4.69, 9.17) is 19.3 Å². The highest BCUT2D eigenvalue weighted by Gasteiger charge is 2.38. The standard InChI is InChI=1S/C31H43NO3.C20H24O2.C10H17NO2.ClH/c1-21(2)23-9-12-29(13-10-23)35-30-14-11-25-15-22(7-8-26(25)17-30)18-32-19-28(20-32)24-5-4-6-27(16-24)31(33)34-3;1-14(2)16-5-8-19(9-6-16)22-20-10-7-17-11-15(13-21)3-4-18(17)12-20;12-10(13)8-3-1-2-7(4-8)9-5-11-6-9;/h7-8,11,14-15,17,21,23-24,27-29H,4-6,9-10,12-13,16,18-20H2,1-3H3;3-4,7,10-14,16,19H,5-6,8-9H2,1-2H3;7-9,11H,1-6H2,(H,12,13);1H. The van der Waals surface area contributed by atoms with Crippen LogP contribution in [0.15, 0.2) is 72.8 Å². The third kappa shape index (κ3) is 15.0. The third-order valence-electron chi connectivity index (χ3n) is 17.6. The zero-order valence-electron chi connectivity index (χ0n) is 43.5. The number of carbonyl (C=O) groups is 3. The maximum absolute atomic E-state index is 12.0. The molecule has 2 heterocycles. The smallest absolute Gasteiger partial charge is 0.308 e. The van der Waals surface area contributed by atoms with Crippen LogP contribution in [0.1, 0.15) is 146 Å². The molecule has 2 aliphatic heterocycles. The molecule has 4 aliphatic carbocycles. The monoisotopic (exact) mass is 993 g/mol. The molecule has 0 radical (unpaired) electrons. The molecule has 0 spiro atoms. The van der Waals surface area contributed by atoms with Gasteiger partial charge >= 0.3 is 11.9 Å². The van der Waals surface area contributed by atoms with Crippen LogP contribution < -0.4 is 14.8 Å². The molecule has 9 nitrogen and oxygen atoms in total. The van der Waals surface area contributed by atoms with Crippen molar-refractivity contribution < 1.29 is 33.7 Å². The van der Waals surface area contributed by atoms with Gasteiger partial charge in [0.15, 0.2) is 0 Å². The van der Waals surface area contributed by atoms with Crippen molar-refractivity contribution in [1.29, 1.82) is 0 Å². The minimum atomic E-state index is -0.586. The number of carboxylic acids is 1. The summed E-state index contributed by atoms with van der Waals surface area (Å²) in [5, 5.41) is 16.9. The van der Waals surface area contributed by atoms with Crippen LogP contribution in [0.3, 0.4) is 0 Å². The topological polar surface area (TPSA) is 114 Å². The lowest BCUT2D eigenvalue weighted by Crippen LogP contribution is -2.50. The van der Waals surface area contributed by atoms with E-state index in [0.717, 1.165) is 148 Å². The Bertz CT molecular complexity index is 2330. The zero-order chi connectivity index (χ0) is 49.1. The summed E-state index contributed by atoms with van der Waals surface area (Å²) in [7, 11) is 1.52. The summed E-state index contributed by atoms with van der Waals surface area (Å²) < 4.78 is 17.6. The van der Waals surface area contributed by atoms with Gasteiger partial charge in [0.05, 0.1) is 31.2 Å². The average Bonchev–Trinajstić information content (AvgIpc) is 3.35. The molecule has 4 aromatic rings. The molecule has 4 atom stereocenters. The van der Waals surface area contributed by atoms with Crippen LogP contribution in [-0.2, 0) is 20.9 Å². The summed E-state index contributed by atoms with van der Waals surface area (Å²) in [5.74, 6) is 7.59. The van der Waals surface area contributed by atoms with Gasteiger partial charge in [-0.25, -0.2) is 0 Å². The predicted molar refractivity (Wildman–Crippen MR) is 289 cm³/mol. The van der Waals surface area contributed by atoms with Crippen molar-refractivity contribution in [2.75, 3.05) is 33.3 Å². The van der Waals surface area contributed by atoms with E-state index >= 15 is 0 Å². The number of carbonyl (C=O) groups excluding carboxylic acids is 2. The van der Waals surface area contributed by atoms with Crippen LogP contribution in [-0.4, -0.2) is 73.7 Å². The number of methoxy groups -OCH3 is 1. The molecule has 4 saturated carbocycles. The summed E-state index contributed by atoms with van der Waals surface area (Å²) in [6.45, 7) is 14.9. The van der Waals surface area contributed by atoms with Gasteiger partial charge in [-0.1, -0.05) is 89.8 Å². The molecule has 10 heteroatoms. The number of aldehydes is 1. The third-order valence-corrected chi connectivity index (χ3v) is 17.6. The van der Waals surface area contributed by atoms with Crippen molar-refractivity contribution in [2.45, 2.75) is 149 Å². The van der Waals surface area contributed by atoms with Crippen LogP contribution in [0, 0.1) is 59.2 Å². The molecule has 4 unspecified atom stereocenters. The number of nitrogens with one attached hydrogen (secondary N) is 1. The Hall–Kier alpha value is -4.18. The maximum atomic E-state index is 12.0. The van der Waals surface area contributed by atoms with Gasteiger partial charge < -0.3 is 24.6 Å². The quantitative estimate of drug-likeness (QED) is 0.0998. The average molecular weight is 994 g/mol. The number of likely N-dealkylation sites (tertiary alicyclic amines) is 1. The lowest BCUT2D eigenvalue weighted by Gasteiger charge is -2.45. The SMILES string of the molecule is CC(C)C1CCC(Oc2ccc3cc(C=O)ccc3c2)CC1.COC(=O)C1CCCC(C2CN(Cc3ccc4cc(OC5CCC(C(C)C)CC5)ccc4c3)C2)C1.Cl.O=C(O)C1CCCC(C2CNC2)C1. The number of ether oxygens (including phenoxy) is 3. The first-order chi connectivity index (χ1) is 33.9. The largest absolute Gasteiger partial charge is 0.490 e. The van der Waals surface area contributed by atoms with Crippen molar-refractivity contribution in [3.63, 3.8) is 0 Å². The fourth-order valence-corrected chi connectivity index (χ4v) is 12.8. The first-order valence-corrected chi connectivity index (χ1v) is 27.5. The van der Waals surface area contributed by atoms with Gasteiger partial charge in [-0.05, 0) is 201 Å². The fraction of sp³-hybridized carbons (Fsp3) is 0.623. The van der Waals surface area contributed by atoms with E-state index in [2.05, 4.69) is 80.4 Å². The van der Waals surface area contributed by atoms with E-state index < -0.39 is 5.97 Å². The molecule has 10 rings (SSSR count). The second-order valence-electron chi connectivity index (χ2n) is 23.0. The number of halogens is 1. The Kier molecular flexibility index (Phi) is 20.1. The summed E-state index contributed by atoms with van der Waals surface area (Å²) >= 11 is 0. The van der Waals surface area contributed by atoms with Crippen molar-refractivity contribution >= 4 is 52.2 Å². The second-order valence-corrected chi connectivity index (χ2v) is 23.0. The van der Waals surface area contributed by atoms with Gasteiger partial charge in [0.1, 0.15) is 17.8 Å². The van der Waals surface area contributed by atoms with E-state index in [1.807, 2.05) is 30.3 Å². The fourth-order valence-electron chi connectivity index (χ4n) is 12.8. The van der Waals surface area contributed by atoms with Crippen LogP contribution in [0.25, 0.3) is 21.5 Å². The Morgan fingerprint density at radius 2 is 1.11 bits per heavy atom. The number of aliphatic carboxylic acids is 1. The van der Waals surface area contributed by atoms with Gasteiger partial charge in [-0.15, -0.1) is 12.4 Å². The van der Waals surface area contributed by atoms with Gasteiger partial charge in [-0.3, -0.25) is 19.3 Å². The molecule has 4 aromatic carbocycles. The van der Waals surface area contributed by atoms with Crippen LogP contribution >= 0.6 is 12.4 Å². The zero-order valence-corrected chi connectivity index (χ0v) is 44.4. The maximum Gasteiger partial charge on any atom is 0.308 e. The van der Waals surface area contributed by atoms with Crippen LogP contribution in [0.5, 0.6) is 11.5 Å².